The molecule has 2 aromatic carbocycles. The summed E-state index contributed by atoms with van der Waals surface area (Å²) in [4.78, 5) is 12.4. The minimum Gasteiger partial charge on any atom is -0.495 e. The quantitative estimate of drug-likeness (QED) is 0.905. The van der Waals surface area contributed by atoms with Crippen molar-refractivity contribution in [2.45, 2.75) is 20.8 Å². The van der Waals surface area contributed by atoms with Crippen molar-refractivity contribution in [3.05, 3.63) is 57.6 Å². The van der Waals surface area contributed by atoms with Gasteiger partial charge in [-0.2, -0.15) is 0 Å². The van der Waals surface area contributed by atoms with Crippen LogP contribution in [0.2, 0.25) is 5.02 Å². The van der Waals surface area contributed by atoms with Gasteiger partial charge >= 0.3 is 0 Å². The molecule has 0 aromatic heterocycles. The lowest BCUT2D eigenvalue weighted by Crippen LogP contribution is -2.13. The first-order chi connectivity index (χ1) is 9.90. The zero-order valence-corrected chi connectivity index (χ0v) is 13.3. The number of carbonyl (C=O) groups is 1. The lowest BCUT2D eigenvalue weighted by molar-refractivity contribution is 0.102. The van der Waals surface area contributed by atoms with E-state index in [9.17, 15) is 4.79 Å². The Morgan fingerprint density at radius 1 is 1.05 bits per heavy atom. The summed E-state index contributed by atoms with van der Waals surface area (Å²) in [7, 11) is 1.55. The monoisotopic (exact) mass is 303 g/mol. The third-order valence-corrected chi connectivity index (χ3v) is 3.62. The van der Waals surface area contributed by atoms with Gasteiger partial charge in [-0.15, -0.1) is 0 Å². The molecule has 110 valence electrons. The number of nitrogens with one attached hydrogen (secondary N) is 1. The molecule has 0 radical (unpaired) electrons. The van der Waals surface area contributed by atoms with Crippen LogP contribution in [0.5, 0.6) is 5.75 Å². The van der Waals surface area contributed by atoms with Crippen LogP contribution in [-0.2, 0) is 0 Å². The van der Waals surface area contributed by atoms with Crippen LogP contribution in [0.4, 0.5) is 5.69 Å². The minimum absolute atomic E-state index is 0.165. The number of amides is 1. The number of hydrogen-bond acceptors (Lipinski definition) is 2. The van der Waals surface area contributed by atoms with Gasteiger partial charge in [0, 0.05) is 16.7 Å². The molecule has 2 rings (SSSR count). The summed E-state index contributed by atoms with van der Waals surface area (Å²) in [6.07, 6.45) is 0. The fourth-order valence-corrected chi connectivity index (χ4v) is 2.38. The Morgan fingerprint density at radius 3 is 2.24 bits per heavy atom. The molecule has 0 saturated carbocycles. The zero-order chi connectivity index (χ0) is 15.6. The fraction of sp³-hybridized carbons (Fsp3) is 0.235. The first kappa shape index (κ1) is 15.4. The number of carbonyl (C=O) groups excluding carboxylic acids is 1. The molecule has 0 aliphatic heterocycles. The van der Waals surface area contributed by atoms with Gasteiger partial charge in [0.15, 0.2) is 0 Å². The number of methoxy groups -OCH3 is 1. The van der Waals surface area contributed by atoms with E-state index in [0.29, 0.717) is 22.0 Å². The number of halogens is 1. The number of aryl methyl sites for hydroxylation is 3. The summed E-state index contributed by atoms with van der Waals surface area (Å²) in [5.74, 6) is 0.380. The van der Waals surface area contributed by atoms with Crippen molar-refractivity contribution in [3.8, 4) is 5.75 Å². The Balaban J connectivity index is 2.33. The molecule has 1 amide bonds. The molecule has 0 saturated heterocycles. The van der Waals surface area contributed by atoms with Gasteiger partial charge in [0.25, 0.3) is 5.91 Å². The van der Waals surface area contributed by atoms with Crippen molar-refractivity contribution in [1.82, 2.24) is 0 Å². The Labute approximate surface area is 129 Å². The molecule has 0 atom stereocenters. The summed E-state index contributed by atoms with van der Waals surface area (Å²) in [5.41, 5.74) is 4.23. The number of anilines is 1. The highest BCUT2D eigenvalue weighted by atomic mass is 35.5. The van der Waals surface area contributed by atoms with E-state index in [0.717, 1.165) is 16.7 Å². The van der Waals surface area contributed by atoms with Crippen LogP contribution in [-0.4, -0.2) is 13.0 Å². The molecule has 0 spiro atoms. The first-order valence-corrected chi connectivity index (χ1v) is 7.02. The van der Waals surface area contributed by atoms with E-state index in [1.165, 1.54) is 0 Å². The van der Waals surface area contributed by atoms with E-state index in [2.05, 4.69) is 5.32 Å². The lowest BCUT2D eigenvalue weighted by atomic mass is 10.1. The number of benzene rings is 2. The Hall–Kier alpha value is -2.00. The molecule has 0 fully saturated rings. The smallest absolute Gasteiger partial charge is 0.255 e. The molecule has 0 bridgehead atoms. The van der Waals surface area contributed by atoms with Crippen LogP contribution in [0.15, 0.2) is 30.3 Å². The van der Waals surface area contributed by atoms with E-state index in [1.807, 2.05) is 45.0 Å². The Kier molecular flexibility index (Phi) is 4.53. The van der Waals surface area contributed by atoms with Gasteiger partial charge in [0.05, 0.1) is 12.8 Å². The molecule has 1 N–H and O–H groups in total. The van der Waals surface area contributed by atoms with Crippen molar-refractivity contribution >= 4 is 23.2 Å². The summed E-state index contributed by atoms with van der Waals surface area (Å²) in [6, 6.07) is 9.26. The van der Waals surface area contributed by atoms with Gasteiger partial charge in [-0.05, 0) is 44.5 Å². The molecular formula is C17H18ClNO2. The normalized spacial score (nSPS) is 10.3. The predicted octanol–water partition coefficient (Wildman–Crippen LogP) is 4.53. The van der Waals surface area contributed by atoms with E-state index in [4.69, 9.17) is 16.3 Å². The predicted molar refractivity (Wildman–Crippen MR) is 86.6 cm³/mol. The highest BCUT2D eigenvalue weighted by Crippen LogP contribution is 2.31. The van der Waals surface area contributed by atoms with Gasteiger partial charge < -0.3 is 10.1 Å². The highest BCUT2D eigenvalue weighted by molar-refractivity contribution is 6.31. The third kappa shape index (κ3) is 3.56. The van der Waals surface area contributed by atoms with E-state index >= 15 is 0 Å². The van der Waals surface area contributed by atoms with Gasteiger partial charge in [0.1, 0.15) is 5.75 Å². The topological polar surface area (TPSA) is 38.3 Å². The van der Waals surface area contributed by atoms with Crippen molar-refractivity contribution in [2.75, 3.05) is 12.4 Å². The van der Waals surface area contributed by atoms with Crippen LogP contribution in [0.1, 0.15) is 27.0 Å². The summed E-state index contributed by atoms with van der Waals surface area (Å²) in [6.45, 7) is 5.82. The molecule has 0 aliphatic rings. The van der Waals surface area contributed by atoms with Crippen molar-refractivity contribution in [1.29, 1.82) is 0 Å². The maximum absolute atomic E-state index is 12.4. The van der Waals surface area contributed by atoms with Crippen LogP contribution in [0, 0.1) is 20.8 Å². The second-order valence-electron chi connectivity index (χ2n) is 5.13. The molecule has 4 heteroatoms. The van der Waals surface area contributed by atoms with Gasteiger partial charge in [0.2, 0.25) is 0 Å². The second-order valence-corrected chi connectivity index (χ2v) is 5.54. The highest BCUT2D eigenvalue weighted by Gasteiger charge is 2.12. The SMILES string of the molecule is COc1cc(Cl)c(C)cc1NC(=O)c1cc(C)cc(C)c1. The molecular weight excluding hydrogens is 286 g/mol. The van der Waals surface area contributed by atoms with E-state index in [-0.39, 0.29) is 5.91 Å². The largest absolute Gasteiger partial charge is 0.495 e. The van der Waals surface area contributed by atoms with Crippen LogP contribution in [0.3, 0.4) is 0 Å². The average Bonchev–Trinajstić information content (AvgIpc) is 2.41. The van der Waals surface area contributed by atoms with Crippen LogP contribution < -0.4 is 10.1 Å². The Bertz CT molecular complexity index is 675. The van der Waals surface area contributed by atoms with Crippen molar-refractivity contribution in [3.63, 3.8) is 0 Å². The molecule has 0 heterocycles. The zero-order valence-electron chi connectivity index (χ0n) is 12.6. The molecule has 2 aromatic rings. The third-order valence-electron chi connectivity index (χ3n) is 3.21. The molecule has 0 aliphatic carbocycles. The number of hydrogen-bond donors (Lipinski definition) is 1. The summed E-state index contributed by atoms with van der Waals surface area (Å²) in [5, 5.41) is 3.49. The maximum atomic E-state index is 12.4. The number of rotatable bonds is 3. The van der Waals surface area contributed by atoms with Crippen LogP contribution >= 0.6 is 11.6 Å². The van der Waals surface area contributed by atoms with Crippen molar-refractivity contribution in [2.24, 2.45) is 0 Å². The summed E-state index contributed by atoms with van der Waals surface area (Å²) < 4.78 is 5.27. The minimum atomic E-state index is -0.165. The Morgan fingerprint density at radius 2 is 1.67 bits per heavy atom. The molecule has 21 heavy (non-hydrogen) atoms. The molecule has 0 unspecified atom stereocenters. The summed E-state index contributed by atoms with van der Waals surface area (Å²) >= 11 is 6.07. The first-order valence-electron chi connectivity index (χ1n) is 6.64. The maximum Gasteiger partial charge on any atom is 0.255 e. The standard InChI is InChI=1S/C17H18ClNO2/c1-10-5-11(2)7-13(6-10)17(20)19-15-8-12(3)14(18)9-16(15)21-4/h5-9H,1-4H3,(H,19,20). The fourth-order valence-electron chi connectivity index (χ4n) is 2.23. The second kappa shape index (κ2) is 6.19. The van der Waals surface area contributed by atoms with Gasteiger partial charge in [-0.25, -0.2) is 0 Å². The lowest BCUT2D eigenvalue weighted by Gasteiger charge is -2.13. The van der Waals surface area contributed by atoms with Gasteiger partial charge in [-0.1, -0.05) is 28.8 Å². The van der Waals surface area contributed by atoms with E-state index < -0.39 is 0 Å². The number of ether oxygens (including phenoxy) is 1. The average molecular weight is 304 g/mol. The van der Waals surface area contributed by atoms with Crippen LogP contribution in [0.25, 0.3) is 0 Å². The van der Waals surface area contributed by atoms with Crippen molar-refractivity contribution < 1.29 is 9.53 Å². The van der Waals surface area contributed by atoms with E-state index in [1.54, 1.807) is 13.2 Å². The molecule has 3 nitrogen and oxygen atoms in total. The van der Waals surface area contributed by atoms with Gasteiger partial charge in [-0.3, -0.25) is 4.79 Å².